The summed E-state index contributed by atoms with van der Waals surface area (Å²) in [6.45, 7) is 0. The monoisotopic (exact) mass is 404 g/mol. The van der Waals surface area contributed by atoms with Crippen molar-refractivity contribution in [3.05, 3.63) is 60.4 Å². The summed E-state index contributed by atoms with van der Waals surface area (Å²) >= 11 is 0. The van der Waals surface area contributed by atoms with Crippen molar-refractivity contribution in [2.45, 2.75) is 27.8 Å². The average Bonchev–Trinajstić information content (AvgIpc) is 3.35. The maximum Gasteiger partial charge on any atom is 0.226 e. The maximum absolute atomic E-state index is 13.2. The third-order valence-electron chi connectivity index (χ3n) is 4.38. The standard InChI is InChI=1S/C19H17FN2O3S2/c20-15-8-10-16(11-9-15)27(24,25)19-18(26(23)12-13-6-7-13)21-17(22-19)14-4-2-1-3-5-14/h1-5,8-11,13H,6-7,12H2,(H,21,22). The Morgan fingerprint density at radius 2 is 1.74 bits per heavy atom. The van der Waals surface area contributed by atoms with Crippen LogP contribution in [0, 0.1) is 11.7 Å². The number of hydrogen-bond donors (Lipinski definition) is 1. The van der Waals surface area contributed by atoms with Crippen LogP contribution in [0.25, 0.3) is 11.4 Å². The lowest BCUT2D eigenvalue weighted by Crippen LogP contribution is -2.09. The Morgan fingerprint density at radius 1 is 1.07 bits per heavy atom. The zero-order chi connectivity index (χ0) is 19.0. The van der Waals surface area contributed by atoms with E-state index in [4.69, 9.17) is 0 Å². The number of imidazole rings is 1. The number of benzene rings is 2. The normalized spacial score (nSPS) is 15.6. The molecular weight excluding hydrogens is 387 g/mol. The van der Waals surface area contributed by atoms with E-state index < -0.39 is 26.5 Å². The van der Waals surface area contributed by atoms with Gasteiger partial charge in [-0.2, -0.15) is 0 Å². The van der Waals surface area contributed by atoms with Crippen LogP contribution in [-0.4, -0.2) is 28.3 Å². The minimum atomic E-state index is -4.04. The largest absolute Gasteiger partial charge is 0.330 e. The molecule has 8 heteroatoms. The molecule has 1 fully saturated rings. The van der Waals surface area contributed by atoms with Crippen molar-refractivity contribution < 1.29 is 17.0 Å². The molecule has 1 aliphatic rings. The Morgan fingerprint density at radius 3 is 2.37 bits per heavy atom. The first-order chi connectivity index (χ1) is 12.9. The van der Waals surface area contributed by atoms with Crippen LogP contribution >= 0.6 is 0 Å². The molecule has 0 spiro atoms. The van der Waals surface area contributed by atoms with E-state index in [1.165, 1.54) is 12.1 Å². The van der Waals surface area contributed by atoms with E-state index in [0.29, 0.717) is 23.1 Å². The van der Waals surface area contributed by atoms with E-state index in [0.717, 1.165) is 25.0 Å². The van der Waals surface area contributed by atoms with Gasteiger partial charge >= 0.3 is 0 Å². The SMILES string of the molecule is O=S(CC1CC1)c1[nH]c(-c2ccccc2)nc1S(=O)(=O)c1ccc(F)cc1. The second kappa shape index (κ2) is 7.01. The van der Waals surface area contributed by atoms with Gasteiger partial charge in [0.1, 0.15) is 16.7 Å². The number of nitrogens with zero attached hydrogens (tertiary/aromatic N) is 1. The van der Waals surface area contributed by atoms with Gasteiger partial charge in [0, 0.05) is 11.3 Å². The molecule has 0 saturated heterocycles. The summed E-state index contributed by atoms with van der Waals surface area (Å²) in [5, 5.41) is -0.156. The molecule has 4 rings (SSSR count). The Kier molecular flexibility index (Phi) is 4.69. The number of aromatic amines is 1. The quantitative estimate of drug-likeness (QED) is 0.637. The number of hydrogen-bond acceptors (Lipinski definition) is 4. The van der Waals surface area contributed by atoms with Crippen molar-refractivity contribution >= 4 is 20.6 Å². The highest BCUT2D eigenvalue weighted by Gasteiger charge is 2.32. The van der Waals surface area contributed by atoms with Crippen LogP contribution in [0.1, 0.15) is 12.8 Å². The van der Waals surface area contributed by atoms with Crippen LogP contribution in [0.3, 0.4) is 0 Å². The lowest BCUT2D eigenvalue weighted by atomic mass is 10.2. The van der Waals surface area contributed by atoms with Crippen molar-refractivity contribution in [2.24, 2.45) is 5.92 Å². The zero-order valence-electron chi connectivity index (χ0n) is 14.3. The van der Waals surface area contributed by atoms with Gasteiger partial charge < -0.3 is 4.98 Å². The Hall–Kier alpha value is -2.32. The van der Waals surface area contributed by atoms with E-state index >= 15 is 0 Å². The fourth-order valence-electron chi connectivity index (χ4n) is 2.72. The zero-order valence-corrected chi connectivity index (χ0v) is 15.9. The third-order valence-corrected chi connectivity index (χ3v) is 7.73. The summed E-state index contributed by atoms with van der Waals surface area (Å²) in [5.74, 6) is 0.576. The minimum Gasteiger partial charge on any atom is -0.330 e. The topological polar surface area (TPSA) is 79.9 Å². The molecule has 140 valence electrons. The van der Waals surface area contributed by atoms with Crippen LogP contribution in [-0.2, 0) is 20.6 Å². The average molecular weight is 404 g/mol. The number of H-pyrrole nitrogens is 1. The predicted molar refractivity (Wildman–Crippen MR) is 99.9 cm³/mol. The van der Waals surface area contributed by atoms with E-state index in [9.17, 15) is 17.0 Å². The molecule has 1 aromatic heterocycles. The van der Waals surface area contributed by atoms with Gasteiger partial charge in [-0.1, -0.05) is 30.3 Å². The predicted octanol–water partition coefficient (Wildman–Crippen LogP) is 3.57. The van der Waals surface area contributed by atoms with E-state index in [2.05, 4.69) is 9.97 Å². The molecule has 0 aliphatic heterocycles. The third kappa shape index (κ3) is 3.72. The lowest BCUT2D eigenvalue weighted by molar-refractivity contribution is 0.588. The van der Waals surface area contributed by atoms with Crippen LogP contribution in [0.5, 0.6) is 0 Å². The molecule has 2 aromatic carbocycles. The minimum absolute atomic E-state index is 0.0836. The number of nitrogens with one attached hydrogen (secondary N) is 1. The molecule has 1 heterocycles. The Labute approximate surface area is 159 Å². The maximum atomic E-state index is 13.2. The van der Waals surface area contributed by atoms with Crippen LogP contribution < -0.4 is 0 Å². The molecular formula is C19H17FN2O3S2. The Balaban J connectivity index is 1.83. The van der Waals surface area contributed by atoms with Crippen molar-refractivity contribution in [3.8, 4) is 11.4 Å². The van der Waals surface area contributed by atoms with Crippen LogP contribution in [0.4, 0.5) is 4.39 Å². The summed E-state index contributed by atoms with van der Waals surface area (Å²) in [5.41, 5.74) is 0.697. The van der Waals surface area contributed by atoms with Crippen LogP contribution in [0.2, 0.25) is 0 Å². The summed E-state index contributed by atoms with van der Waals surface area (Å²) in [6, 6.07) is 13.6. The van der Waals surface area contributed by atoms with Gasteiger partial charge in [-0.25, -0.2) is 17.8 Å². The van der Waals surface area contributed by atoms with Crippen LogP contribution in [0.15, 0.2) is 69.5 Å². The van der Waals surface area contributed by atoms with Gasteiger partial charge in [-0.15, -0.1) is 0 Å². The fraction of sp³-hybridized carbons (Fsp3) is 0.211. The van der Waals surface area contributed by atoms with Crippen molar-refractivity contribution in [1.29, 1.82) is 0 Å². The van der Waals surface area contributed by atoms with Crippen molar-refractivity contribution in [1.82, 2.24) is 9.97 Å². The van der Waals surface area contributed by atoms with Crippen molar-refractivity contribution in [2.75, 3.05) is 5.75 Å². The highest BCUT2D eigenvalue weighted by molar-refractivity contribution is 7.92. The number of sulfone groups is 1. The molecule has 0 radical (unpaired) electrons. The molecule has 5 nitrogen and oxygen atoms in total. The van der Waals surface area contributed by atoms with Gasteiger partial charge in [0.15, 0.2) is 5.03 Å². The molecule has 1 aliphatic carbocycles. The van der Waals surface area contributed by atoms with E-state index in [1.54, 1.807) is 12.1 Å². The van der Waals surface area contributed by atoms with Crippen molar-refractivity contribution in [3.63, 3.8) is 0 Å². The molecule has 1 unspecified atom stereocenters. The number of aromatic nitrogens is 2. The fourth-order valence-corrected chi connectivity index (χ4v) is 5.93. The second-order valence-electron chi connectivity index (χ2n) is 6.50. The highest BCUT2D eigenvalue weighted by atomic mass is 32.2. The summed E-state index contributed by atoms with van der Waals surface area (Å²) in [6.07, 6.45) is 2.01. The van der Waals surface area contributed by atoms with Gasteiger partial charge in [0.25, 0.3) is 0 Å². The molecule has 0 bridgehead atoms. The number of rotatable bonds is 6. The van der Waals surface area contributed by atoms with E-state index in [1.807, 2.05) is 18.2 Å². The van der Waals surface area contributed by atoms with Gasteiger partial charge in [-0.3, -0.25) is 4.21 Å². The lowest BCUT2D eigenvalue weighted by Gasteiger charge is -2.04. The summed E-state index contributed by atoms with van der Waals surface area (Å²) in [7, 11) is -5.55. The summed E-state index contributed by atoms with van der Waals surface area (Å²) < 4.78 is 52.2. The number of halogens is 1. The molecule has 1 saturated carbocycles. The molecule has 0 amide bonds. The smallest absolute Gasteiger partial charge is 0.226 e. The molecule has 1 N–H and O–H groups in total. The summed E-state index contributed by atoms with van der Waals surface area (Å²) in [4.78, 5) is 7.14. The van der Waals surface area contributed by atoms with Gasteiger partial charge in [0.05, 0.1) is 15.7 Å². The second-order valence-corrected chi connectivity index (χ2v) is 9.80. The van der Waals surface area contributed by atoms with Gasteiger partial charge in [-0.05, 0) is 43.0 Å². The Bertz CT molecular complexity index is 1090. The first kappa shape index (κ1) is 18.1. The molecule has 1 atom stereocenters. The molecule has 27 heavy (non-hydrogen) atoms. The first-order valence-electron chi connectivity index (χ1n) is 8.49. The highest BCUT2D eigenvalue weighted by Crippen LogP contribution is 2.33. The first-order valence-corrected chi connectivity index (χ1v) is 11.3. The molecule has 3 aromatic rings. The van der Waals surface area contributed by atoms with E-state index in [-0.39, 0.29) is 14.9 Å². The van der Waals surface area contributed by atoms with Gasteiger partial charge in [0.2, 0.25) is 9.84 Å².